The number of rotatable bonds is 5. The molecular formula is C16H11FN4O3S. The number of anilines is 1. The van der Waals surface area contributed by atoms with Gasteiger partial charge in [0.1, 0.15) is 5.82 Å². The highest BCUT2D eigenvalue weighted by atomic mass is 32.1. The average Bonchev–Trinajstić information content (AvgIpc) is 3.05. The van der Waals surface area contributed by atoms with Crippen molar-refractivity contribution >= 4 is 28.4 Å². The summed E-state index contributed by atoms with van der Waals surface area (Å²) in [7, 11) is 0. The Labute approximate surface area is 145 Å². The third kappa shape index (κ3) is 3.96. The summed E-state index contributed by atoms with van der Waals surface area (Å²) in [4.78, 5) is 14.4. The zero-order valence-electron chi connectivity index (χ0n) is 12.6. The third-order valence-corrected chi connectivity index (χ3v) is 3.96. The second kappa shape index (κ2) is 7.05. The molecule has 0 spiro atoms. The number of benzene rings is 2. The van der Waals surface area contributed by atoms with Gasteiger partial charge in [-0.05, 0) is 36.4 Å². The molecule has 0 amide bonds. The van der Waals surface area contributed by atoms with Gasteiger partial charge in [0.15, 0.2) is 5.75 Å². The van der Waals surface area contributed by atoms with Crippen LogP contribution in [0.25, 0.3) is 11.3 Å². The quantitative estimate of drug-likeness (QED) is 0.408. The van der Waals surface area contributed by atoms with E-state index in [2.05, 4.69) is 15.5 Å². The second-order valence-corrected chi connectivity index (χ2v) is 5.78. The first-order valence-corrected chi connectivity index (χ1v) is 7.89. The van der Waals surface area contributed by atoms with Crippen LogP contribution in [0.5, 0.6) is 5.75 Å². The smallest absolute Gasteiger partial charge is 0.311 e. The summed E-state index contributed by atoms with van der Waals surface area (Å²) < 4.78 is 12.9. The molecule has 0 aliphatic carbocycles. The van der Waals surface area contributed by atoms with Gasteiger partial charge >= 0.3 is 5.69 Å². The van der Waals surface area contributed by atoms with Gasteiger partial charge in [0.05, 0.1) is 16.8 Å². The van der Waals surface area contributed by atoms with Crippen molar-refractivity contribution in [1.29, 1.82) is 0 Å². The molecule has 0 saturated carbocycles. The highest BCUT2D eigenvalue weighted by molar-refractivity contribution is 7.14. The Bertz CT molecular complexity index is 941. The van der Waals surface area contributed by atoms with Crippen LogP contribution < -0.4 is 5.43 Å². The lowest BCUT2D eigenvalue weighted by Gasteiger charge is -1.98. The van der Waals surface area contributed by atoms with Gasteiger partial charge in [0.2, 0.25) is 5.13 Å². The van der Waals surface area contributed by atoms with Crippen molar-refractivity contribution in [3.8, 4) is 17.0 Å². The second-order valence-electron chi connectivity index (χ2n) is 4.92. The van der Waals surface area contributed by atoms with Crippen LogP contribution in [0.15, 0.2) is 52.9 Å². The van der Waals surface area contributed by atoms with Crippen LogP contribution in [-0.4, -0.2) is 21.2 Å². The van der Waals surface area contributed by atoms with Gasteiger partial charge in [-0.2, -0.15) is 5.10 Å². The SMILES string of the molecule is O=[N+]([O-])c1cc(/C=N/Nc2nc(-c3ccc(F)cc3)cs2)ccc1O. The highest BCUT2D eigenvalue weighted by Gasteiger charge is 2.12. The van der Waals surface area contributed by atoms with Crippen molar-refractivity contribution in [1.82, 2.24) is 4.98 Å². The fourth-order valence-electron chi connectivity index (χ4n) is 2.01. The molecule has 7 nitrogen and oxygen atoms in total. The number of halogens is 1. The fourth-order valence-corrected chi connectivity index (χ4v) is 2.68. The van der Waals surface area contributed by atoms with E-state index in [1.54, 1.807) is 17.5 Å². The van der Waals surface area contributed by atoms with Crippen LogP contribution in [-0.2, 0) is 0 Å². The summed E-state index contributed by atoms with van der Waals surface area (Å²) in [6.07, 6.45) is 1.38. The van der Waals surface area contributed by atoms with Gasteiger partial charge in [-0.3, -0.25) is 15.5 Å². The molecular weight excluding hydrogens is 347 g/mol. The third-order valence-electron chi connectivity index (χ3n) is 3.21. The predicted molar refractivity (Wildman–Crippen MR) is 93.5 cm³/mol. The normalized spacial score (nSPS) is 10.9. The first kappa shape index (κ1) is 16.5. The van der Waals surface area contributed by atoms with E-state index >= 15 is 0 Å². The molecule has 1 heterocycles. The Balaban J connectivity index is 1.70. The number of nitrogens with one attached hydrogen (secondary N) is 1. The Kier molecular flexibility index (Phi) is 4.66. The summed E-state index contributed by atoms with van der Waals surface area (Å²) in [5.41, 5.74) is 4.25. The van der Waals surface area contributed by atoms with E-state index in [0.29, 0.717) is 16.4 Å². The van der Waals surface area contributed by atoms with E-state index in [9.17, 15) is 19.6 Å². The number of hydrogen-bond acceptors (Lipinski definition) is 7. The highest BCUT2D eigenvalue weighted by Crippen LogP contribution is 2.26. The summed E-state index contributed by atoms with van der Waals surface area (Å²) >= 11 is 1.32. The van der Waals surface area contributed by atoms with Crippen LogP contribution in [0, 0.1) is 15.9 Å². The van der Waals surface area contributed by atoms with Gasteiger partial charge in [-0.25, -0.2) is 9.37 Å². The lowest BCUT2D eigenvalue weighted by molar-refractivity contribution is -0.385. The van der Waals surface area contributed by atoms with Crippen molar-refractivity contribution in [3.05, 3.63) is 69.3 Å². The summed E-state index contributed by atoms with van der Waals surface area (Å²) in [5.74, 6) is -0.719. The molecule has 0 aliphatic heterocycles. The van der Waals surface area contributed by atoms with Crippen LogP contribution >= 0.6 is 11.3 Å². The molecule has 3 aromatic rings. The van der Waals surface area contributed by atoms with Gasteiger partial charge in [0, 0.05) is 22.6 Å². The van der Waals surface area contributed by atoms with Crippen molar-refractivity contribution in [3.63, 3.8) is 0 Å². The largest absolute Gasteiger partial charge is 0.502 e. The fraction of sp³-hybridized carbons (Fsp3) is 0. The number of nitro benzene ring substituents is 1. The molecule has 3 rings (SSSR count). The van der Waals surface area contributed by atoms with Crippen molar-refractivity contribution in [2.45, 2.75) is 0 Å². The number of nitrogens with zero attached hydrogens (tertiary/aromatic N) is 3. The maximum Gasteiger partial charge on any atom is 0.311 e. The molecule has 0 radical (unpaired) electrons. The summed E-state index contributed by atoms with van der Waals surface area (Å²) in [6, 6.07) is 9.93. The molecule has 0 bridgehead atoms. The molecule has 0 atom stereocenters. The Morgan fingerprint density at radius 3 is 2.76 bits per heavy atom. The molecule has 0 fully saturated rings. The van der Waals surface area contributed by atoms with Crippen LogP contribution in [0.4, 0.5) is 15.2 Å². The number of hydrogen-bond donors (Lipinski definition) is 2. The molecule has 0 aliphatic rings. The van der Waals surface area contributed by atoms with E-state index in [4.69, 9.17) is 0 Å². The van der Waals surface area contributed by atoms with E-state index in [0.717, 1.165) is 5.56 Å². The Morgan fingerprint density at radius 1 is 1.28 bits per heavy atom. The molecule has 25 heavy (non-hydrogen) atoms. The van der Waals surface area contributed by atoms with Gasteiger partial charge in [0.25, 0.3) is 0 Å². The minimum absolute atomic E-state index is 0.315. The standard InChI is InChI=1S/C16H11FN4O3S/c17-12-4-2-11(3-5-12)13-9-25-16(19-13)20-18-8-10-1-6-15(22)14(7-10)21(23)24/h1-9,22H,(H,19,20)/b18-8+. The van der Waals surface area contributed by atoms with Crippen molar-refractivity contribution < 1.29 is 14.4 Å². The predicted octanol–water partition coefficient (Wildman–Crippen LogP) is 4.01. The number of hydrazone groups is 1. The molecule has 2 N–H and O–H groups in total. The molecule has 126 valence electrons. The Morgan fingerprint density at radius 2 is 2.04 bits per heavy atom. The van der Waals surface area contributed by atoms with Crippen molar-refractivity contribution in [2.24, 2.45) is 5.10 Å². The topological polar surface area (TPSA) is 101 Å². The van der Waals surface area contributed by atoms with Gasteiger partial charge < -0.3 is 5.11 Å². The zero-order chi connectivity index (χ0) is 17.8. The lowest BCUT2D eigenvalue weighted by Crippen LogP contribution is -1.93. The van der Waals surface area contributed by atoms with Gasteiger partial charge in [-0.1, -0.05) is 0 Å². The van der Waals surface area contributed by atoms with Crippen LogP contribution in [0.3, 0.4) is 0 Å². The molecule has 1 aromatic heterocycles. The van der Waals surface area contributed by atoms with Crippen molar-refractivity contribution in [2.75, 3.05) is 5.43 Å². The monoisotopic (exact) mass is 358 g/mol. The summed E-state index contributed by atoms with van der Waals surface area (Å²) in [6.45, 7) is 0. The molecule has 2 aromatic carbocycles. The molecule has 0 unspecified atom stereocenters. The van der Waals surface area contributed by atoms with E-state index in [-0.39, 0.29) is 5.82 Å². The van der Waals surface area contributed by atoms with Gasteiger partial charge in [-0.15, -0.1) is 11.3 Å². The molecule has 0 saturated heterocycles. The minimum atomic E-state index is -0.671. The maximum atomic E-state index is 12.9. The van der Waals surface area contributed by atoms with Crippen LogP contribution in [0.2, 0.25) is 0 Å². The number of nitro groups is 1. The number of phenolic OH excluding ortho intramolecular Hbond substituents is 1. The minimum Gasteiger partial charge on any atom is -0.502 e. The summed E-state index contributed by atoms with van der Waals surface area (Å²) in [5, 5.41) is 26.5. The van der Waals surface area contributed by atoms with E-state index in [1.807, 2.05) is 0 Å². The number of aromatic hydroxyl groups is 1. The number of phenols is 1. The lowest BCUT2D eigenvalue weighted by atomic mass is 10.2. The maximum absolute atomic E-state index is 12.9. The zero-order valence-corrected chi connectivity index (χ0v) is 13.4. The van der Waals surface area contributed by atoms with Crippen LogP contribution in [0.1, 0.15) is 5.56 Å². The average molecular weight is 358 g/mol. The number of aromatic nitrogens is 1. The number of thiazole rings is 1. The first-order chi connectivity index (χ1) is 12.0. The Hall–Kier alpha value is -3.33. The molecule has 9 heteroatoms. The van der Waals surface area contributed by atoms with E-state index < -0.39 is 16.4 Å². The van der Waals surface area contributed by atoms with E-state index in [1.165, 1.54) is 47.9 Å². The first-order valence-electron chi connectivity index (χ1n) is 7.01.